The number of carbonyl (C=O) groups is 1. The van der Waals surface area contributed by atoms with Crippen molar-refractivity contribution in [3.63, 3.8) is 0 Å². The quantitative estimate of drug-likeness (QED) is 0.751. The molecule has 1 amide bonds. The van der Waals surface area contributed by atoms with Crippen LogP contribution in [-0.4, -0.2) is 48.0 Å². The van der Waals surface area contributed by atoms with Crippen molar-refractivity contribution in [2.45, 2.75) is 64.5 Å². The van der Waals surface area contributed by atoms with Crippen LogP contribution in [-0.2, 0) is 11.2 Å². The van der Waals surface area contributed by atoms with E-state index >= 15 is 0 Å². The van der Waals surface area contributed by atoms with E-state index in [1.54, 1.807) is 0 Å². The van der Waals surface area contributed by atoms with Crippen molar-refractivity contribution in [1.82, 2.24) is 10.3 Å². The van der Waals surface area contributed by atoms with Crippen LogP contribution in [0.5, 0.6) is 11.5 Å². The predicted octanol–water partition coefficient (Wildman–Crippen LogP) is 3.68. The summed E-state index contributed by atoms with van der Waals surface area (Å²) in [7, 11) is 0. The van der Waals surface area contributed by atoms with Gasteiger partial charge in [-0.15, -0.1) is 0 Å². The molecule has 3 aliphatic heterocycles. The van der Waals surface area contributed by atoms with E-state index in [1.807, 2.05) is 18.0 Å². The Morgan fingerprint density at radius 3 is 2.68 bits per heavy atom. The molecule has 31 heavy (non-hydrogen) atoms. The molecule has 2 atom stereocenters. The zero-order valence-corrected chi connectivity index (χ0v) is 18.8. The van der Waals surface area contributed by atoms with Gasteiger partial charge in [0.1, 0.15) is 5.60 Å². The molecular weight excluding hydrogens is 390 g/mol. The lowest BCUT2D eigenvalue weighted by Crippen LogP contribution is -2.51. The minimum absolute atomic E-state index is 0.0232. The van der Waals surface area contributed by atoms with Gasteiger partial charge in [-0.05, 0) is 71.7 Å². The van der Waals surface area contributed by atoms with Crippen molar-refractivity contribution in [1.29, 1.82) is 0 Å². The molecule has 1 N–H and O–H groups in total. The Labute approximate surface area is 184 Å². The molecule has 6 heteroatoms. The number of fused-ring (bicyclic) bond motifs is 2. The lowest BCUT2D eigenvalue weighted by atomic mass is 9.75. The fraction of sp³-hybridized carbons (Fsp3) is 0.600. The first-order valence-corrected chi connectivity index (χ1v) is 11.7. The third kappa shape index (κ3) is 3.65. The number of amides is 1. The number of piperidine rings is 1. The van der Waals surface area contributed by atoms with Crippen LogP contribution >= 0.6 is 0 Å². The monoisotopic (exact) mass is 423 g/mol. The summed E-state index contributed by atoms with van der Waals surface area (Å²) < 4.78 is 12.2. The molecule has 0 unspecified atom stereocenters. The molecule has 1 aromatic rings. The Bertz CT molecular complexity index is 930. The van der Waals surface area contributed by atoms with Crippen molar-refractivity contribution < 1.29 is 14.3 Å². The number of allylic oxidation sites excluding steroid dienone is 2. The van der Waals surface area contributed by atoms with Crippen LogP contribution in [0.4, 0.5) is 0 Å². The Morgan fingerprint density at radius 2 is 1.94 bits per heavy atom. The number of carbonyl (C=O) groups excluding carboxylic acids is 1. The van der Waals surface area contributed by atoms with Crippen LogP contribution in [0.15, 0.2) is 29.4 Å². The number of ether oxygens (including phenoxy) is 2. The van der Waals surface area contributed by atoms with Gasteiger partial charge in [0.15, 0.2) is 11.5 Å². The average Bonchev–Trinajstić information content (AvgIpc) is 3.11. The number of hydrogen-bond donors (Lipinski definition) is 1. The SMILES string of the molecule is CCOc1ccc(C2=NN(C3CCNCC3)C(=O)[C@@H]3CC=CC[C@H]23)c2c1OC(C)(C)C2. The summed E-state index contributed by atoms with van der Waals surface area (Å²) in [5.41, 5.74) is 3.06. The number of nitrogens with one attached hydrogen (secondary N) is 1. The van der Waals surface area contributed by atoms with Gasteiger partial charge < -0.3 is 14.8 Å². The summed E-state index contributed by atoms with van der Waals surface area (Å²) in [6.07, 6.45) is 8.75. The molecular formula is C25H33N3O3. The zero-order chi connectivity index (χ0) is 21.6. The Balaban J connectivity index is 1.61. The molecule has 1 saturated heterocycles. The minimum atomic E-state index is -0.282. The summed E-state index contributed by atoms with van der Waals surface area (Å²) in [6, 6.07) is 4.33. The Kier molecular flexibility index (Phi) is 5.29. The second kappa shape index (κ2) is 7.97. The van der Waals surface area contributed by atoms with Crippen molar-refractivity contribution >= 4 is 11.6 Å². The van der Waals surface area contributed by atoms with Crippen LogP contribution < -0.4 is 14.8 Å². The van der Waals surface area contributed by atoms with E-state index in [4.69, 9.17) is 14.6 Å². The Hall–Kier alpha value is -2.34. The lowest BCUT2D eigenvalue weighted by Gasteiger charge is -2.41. The standard InChI is InChI=1S/C25H33N3O3/c1-4-30-21-10-9-18(20-15-25(2,3)31-23(20)21)22-17-7-5-6-8-19(17)24(29)28(27-22)16-11-13-26-14-12-16/h5-6,9-10,16-17,19,26H,4,7-8,11-15H2,1-3H3/t17-,19+/m0/s1. The first kappa shape index (κ1) is 20.6. The molecule has 0 bridgehead atoms. The highest BCUT2D eigenvalue weighted by Gasteiger charge is 2.44. The molecule has 6 nitrogen and oxygen atoms in total. The molecule has 3 heterocycles. The molecule has 1 aliphatic carbocycles. The number of benzene rings is 1. The molecule has 4 aliphatic rings. The van der Waals surface area contributed by atoms with Crippen LogP contribution in [0, 0.1) is 11.8 Å². The summed E-state index contributed by atoms with van der Waals surface area (Å²) in [5, 5.41) is 10.3. The van der Waals surface area contributed by atoms with Gasteiger partial charge in [0.05, 0.1) is 24.3 Å². The molecule has 5 rings (SSSR count). The first-order valence-electron chi connectivity index (χ1n) is 11.7. The number of rotatable bonds is 4. The average molecular weight is 424 g/mol. The minimum Gasteiger partial charge on any atom is -0.490 e. The normalized spacial score (nSPS) is 27.4. The molecule has 0 spiro atoms. The van der Waals surface area contributed by atoms with E-state index in [1.165, 1.54) is 5.56 Å². The van der Waals surface area contributed by atoms with Gasteiger partial charge in [-0.25, -0.2) is 5.01 Å². The molecule has 0 saturated carbocycles. The topological polar surface area (TPSA) is 63.2 Å². The van der Waals surface area contributed by atoms with Crippen LogP contribution in [0.1, 0.15) is 57.6 Å². The van der Waals surface area contributed by atoms with Crippen LogP contribution in [0.2, 0.25) is 0 Å². The summed E-state index contributed by atoms with van der Waals surface area (Å²) in [6.45, 7) is 8.71. The molecule has 0 aromatic heterocycles. The fourth-order valence-electron chi connectivity index (χ4n) is 5.51. The van der Waals surface area contributed by atoms with Gasteiger partial charge in [0.25, 0.3) is 0 Å². The summed E-state index contributed by atoms with van der Waals surface area (Å²) in [5.74, 6) is 1.95. The Morgan fingerprint density at radius 1 is 1.19 bits per heavy atom. The van der Waals surface area contributed by atoms with Gasteiger partial charge in [-0.3, -0.25) is 4.79 Å². The van der Waals surface area contributed by atoms with E-state index < -0.39 is 0 Å². The van der Waals surface area contributed by atoms with Crippen molar-refractivity contribution in [2.24, 2.45) is 16.9 Å². The zero-order valence-electron chi connectivity index (χ0n) is 18.8. The van der Waals surface area contributed by atoms with Crippen molar-refractivity contribution in [3.8, 4) is 11.5 Å². The predicted molar refractivity (Wildman–Crippen MR) is 121 cm³/mol. The van der Waals surface area contributed by atoms with Gasteiger partial charge in [0.2, 0.25) is 5.91 Å². The lowest BCUT2D eigenvalue weighted by molar-refractivity contribution is -0.141. The van der Waals surface area contributed by atoms with E-state index in [0.29, 0.717) is 6.61 Å². The van der Waals surface area contributed by atoms with Crippen LogP contribution in [0.3, 0.4) is 0 Å². The van der Waals surface area contributed by atoms with Gasteiger partial charge >= 0.3 is 0 Å². The summed E-state index contributed by atoms with van der Waals surface area (Å²) in [4.78, 5) is 13.4. The van der Waals surface area contributed by atoms with E-state index in [0.717, 1.165) is 68.0 Å². The van der Waals surface area contributed by atoms with Crippen molar-refractivity contribution in [2.75, 3.05) is 19.7 Å². The third-order valence-electron chi connectivity index (χ3n) is 6.98. The van der Waals surface area contributed by atoms with Gasteiger partial charge in [-0.2, -0.15) is 5.10 Å². The highest BCUT2D eigenvalue weighted by atomic mass is 16.5. The molecule has 1 aromatic carbocycles. The molecule has 166 valence electrons. The second-order valence-electron chi connectivity index (χ2n) is 9.70. The van der Waals surface area contributed by atoms with E-state index in [9.17, 15) is 4.79 Å². The van der Waals surface area contributed by atoms with E-state index in [-0.39, 0.29) is 29.4 Å². The fourth-order valence-corrected chi connectivity index (χ4v) is 5.51. The largest absolute Gasteiger partial charge is 0.490 e. The first-order chi connectivity index (χ1) is 15.0. The second-order valence-corrected chi connectivity index (χ2v) is 9.70. The van der Waals surface area contributed by atoms with Crippen molar-refractivity contribution in [3.05, 3.63) is 35.4 Å². The maximum absolute atomic E-state index is 13.4. The number of hydrazone groups is 1. The maximum Gasteiger partial charge on any atom is 0.247 e. The maximum atomic E-state index is 13.4. The van der Waals surface area contributed by atoms with Gasteiger partial charge in [-0.1, -0.05) is 12.2 Å². The third-order valence-corrected chi connectivity index (χ3v) is 6.98. The number of nitrogens with zero attached hydrogens (tertiary/aromatic N) is 2. The van der Waals surface area contributed by atoms with Crippen LogP contribution in [0.25, 0.3) is 0 Å². The smallest absolute Gasteiger partial charge is 0.247 e. The highest BCUT2D eigenvalue weighted by molar-refractivity contribution is 6.08. The molecule has 1 fully saturated rings. The van der Waals surface area contributed by atoms with E-state index in [2.05, 4.69) is 37.4 Å². The molecule has 0 radical (unpaired) electrons. The number of hydrogen-bond acceptors (Lipinski definition) is 5. The summed E-state index contributed by atoms with van der Waals surface area (Å²) >= 11 is 0. The highest BCUT2D eigenvalue weighted by Crippen LogP contribution is 2.46. The van der Waals surface area contributed by atoms with Gasteiger partial charge in [0, 0.05) is 23.5 Å².